The zero-order valence-electron chi connectivity index (χ0n) is 15.9. The third-order valence-corrected chi connectivity index (χ3v) is 4.44. The van der Waals surface area contributed by atoms with Crippen LogP contribution in [0, 0.1) is 6.92 Å². The van der Waals surface area contributed by atoms with Crippen molar-refractivity contribution in [1.29, 1.82) is 0 Å². The first-order chi connectivity index (χ1) is 14.0. The molecule has 0 aliphatic carbocycles. The van der Waals surface area contributed by atoms with Crippen LogP contribution < -0.4 is 10.6 Å². The predicted octanol–water partition coefficient (Wildman–Crippen LogP) is 4.13. The topological polar surface area (TPSA) is 71.1 Å². The lowest BCUT2D eigenvalue weighted by atomic mass is 10.1. The lowest BCUT2D eigenvalue weighted by Gasteiger charge is -2.11. The van der Waals surface area contributed by atoms with Crippen LogP contribution in [0.5, 0.6) is 0 Å². The summed E-state index contributed by atoms with van der Waals surface area (Å²) in [5.74, 6) is -0.749. The van der Waals surface area contributed by atoms with E-state index in [0.29, 0.717) is 17.1 Å². The molecule has 146 valence electrons. The Balaban J connectivity index is 1.80. The van der Waals surface area contributed by atoms with Crippen LogP contribution in [0.1, 0.15) is 27.0 Å². The molecule has 0 unspecified atom stereocenters. The summed E-state index contributed by atoms with van der Waals surface area (Å²) in [7, 11) is 0. The molecule has 0 radical (unpaired) electrons. The molecular formula is C23H20ClN3O2. The number of aryl methyl sites for hydroxylation is 1. The fourth-order valence-electron chi connectivity index (χ4n) is 2.56. The highest BCUT2D eigenvalue weighted by molar-refractivity contribution is 6.30. The molecule has 0 saturated carbocycles. The molecule has 3 rings (SSSR count). The van der Waals surface area contributed by atoms with Gasteiger partial charge in [-0.3, -0.25) is 14.6 Å². The number of hydrogen-bond acceptors (Lipinski definition) is 3. The average Bonchev–Trinajstić information content (AvgIpc) is 2.74. The highest BCUT2D eigenvalue weighted by Gasteiger charge is 2.14. The molecule has 1 heterocycles. The van der Waals surface area contributed by atoms with E-state index in [0.717, 1.165) is 16.7 Å². The summed E-state index contributed by atoms with van der Waals surface area (Å²) in [6.07, 6.45) is 4.93. The van der Waals surface area contributed by atoms with Crippen LogP contribution in [-0.4, -0.2) is 16.8 Å². The lowest BCUT2D eigenvalue weighted by molar-refractivity contribution is -0.117. The molecule has 0 aliphatic heterocycles. The number of pyridine rings is 1. The zero-order chi connectivity index (χ0) is 20.6. The van der Waals surface area contributed by atoms with Crippen LogP contribution >= 0.6 is 11.6 Å². The lowest BCUT2D eigenvalue weighted by Crippen LogP contribution is -2.34. The maximum absolute atomic E-state index is 12.8. The molecule has 0 aliphatic rings. The molecule has 0 fully saturated rings. The maximum Gasteiger partial charge on any atom is 0.268 e. The number of hydrogen-bond donors (Lipinski definition) is 2. The minimum absolute atomic E-state index is 0.145. The third-order valence-electron chi connectivity index (χ3n) is 4.19. The van der Waals surface area contributed by atoms with Gasteiger partial charge in [0.25, 0.3) is 11.8 Å². The third kappa shape index (κ3) is 6.02. The van der Waals surface area contributed by atoms with E-state index >= 15 is 0 Å². The summed E-state index contributed by atoms with van der Waals surface area (Å²) < 4.78 is 0. The molecule has 0 atom stereocenters. The zero-order valence-corrected chi connectivity index (χ0v) is 16.6. The summed E-state index contributed by atoms with van der Waals surface area (Å²) in [4.78, 5) is 29.4. The highest BCUT2D eigenvalue weighted by atomic mass is 35.5. The Labute approximate surface area is 174 Å². The van der Waals surface area contributed by atoms with Gasteiger partial charge in [0, 0.05) is 29.5 Å². The Hall–Kier alpha value is -3.44. The highest BCUT2D eigenvalue weighted by Crippen LogP contribution is 2.13. The molecule has 0 saturated heterocycles. The van der Waals surface area contributed by atoms with E-state index in [4.69, 9.17) is 11.6 Å². The molecule has 2 amide bonds. The predicted molar refractivity (Wildman–Crippen MR) is 114 cm³/mol. The first-order valence-electron chi connectivity index (χ1n) is 9.03. The second kappa shape index (κ2) is 9.66. The fraction of sp³-hybridized carbons (Fsp3) is 0.0870. The normalized spacial score (nSPS) is 11.0. The van der Waals surface area contributed by atoms with Crippen LogP contribution in [0.25, 0.3) is 6.08 Å². The van der Waals surface area contributed by atoms with Crippen LogP contribution in [0.2, 0.25) is 5.02 Å². The van der Waals surface area contributed by atoms with Gasteiger partial charge in [0.1, 0.15) is 5.70 Å². The molecule has 0 bridgehead atoms. The fourth-order valence-corrected chi connectivity index (χ4v) is 2.69. The van der Waals surface area contributed by atoms with E-state index in [1.807, 2.05) is 31.2 Å². The average molecular weight is 406 g/mol. The van der Waals surface area contributed by atoms with Crippen molar-refractivity contribution in [3.63, 3.8) is 0 Å². The molecule has 2 aromatic carbocycles. The van der Waals surface area contributed by atoms with Crippen LogP contribution in [0.3, 0.4) is 0 Å². The van der Waals surface area contributed by atoms with Crippen LogP contribution in [0.15, 0.2) is 78.8 Å². The maximum atomic E-state index is 12.8. The molecule has 6 heteroatoms. The number of nitrogens with one attached hydrogen (secondary N) is 2. The first kappa shape index (κ1) is 20.3. The van der Waals surface area contributed by atoms with E-state index < -0.39 is 5.91 Å². The smallest absolute Gasteiger partial charge is 0.268 e. The quantitative estimate of drug-likeness (QED) is 0.606. The number of halogens is 1. The molecule has 5 nitrogen and oxygen atoms in total. The van der Waals surface area contributed by atoms with Gasteiger partial charge in [-0.2, -0.15) is 0 Å². The number of rotatable bonds is 6. The van der Waals surface area contributed by atoms with Crippen molar-refractivity contribution < 1.29 is 9.59 Å². The number of carbonyl (C=O) groups is 2. The van der Waals surface area contributed by atoms with Crippen molar-refractivity contribution in [3.8, 4) is 0 Å². The van der Waals surface area contributed by atoms with E-state index in [2.05, 4.69) is 15.6 Å². The standard InChI is InChI=1S/C23H20ClN3O2/c1-16-2-6-19(7-3-16)22(28)27-21(14-17-4-8-20(24)9-5-17)23(29)26-15-18-10-12-25-13-11-18/h2-14H,15H2,1H3,(H,26,29)(H,27,28)/b21-14+. The summed E-state index contributed by atoms with van der Waals surface area (Å²) >= 11 is 5.93. The second-order valence-electron chi connectivity index (χ2n) is 6.47. The Morgan fingerprint density at radius 2 is 1.62 bits per heavy atom. The van der Waals surface area contributed by atoms with Crippen LogP contribution in [0.4, 0.5) is 0 Å². The Bertz CT molecular complexity index is 1010. The van der Waals surface area contributed by atoms with Crippen molar-refractivity contribution in [1.82, 2.24) is 15.6 Å². The number of carbonyl (C=O) groups excluding carboxylic acids is 2. The van der Waals surface area contributed by atoms with Crippen molar-refractivity contribution >= 4 is 29.5 Å². The van der Waals surface area contributed by atoms with Crippen molar-refractivity contribution in [2.24, 2.45) is 0 Å². The molecule has 29 heavy (non-hydrogen) atoms. The summed E-state index contributed by atoms with van der Waals surface area (Å²) in [5, 5.41) is 6.13. The van der Waals surface area contributed by atoms with E-state index in [1.54, 1.807) is 54.9 Å². The second-order valence-corrected chi connectivity index (χ2v) is 6.90. The summed E-state index contributed by atoms with van der Waals surface area (Å²) in [6.45, 7) is 2.26. The van der Waals surface area contributed by atoms with Gasteiger partial charge in [0.15, 0.2) is 0 Å². The van der Waals surface area contributed by atoms with Gasteiger partial charge in [0.05, 0.1) is 0 Å². The van der Waals surface area contributed by atoms with Gasteiger partial charge in [-0.05, 0) is 60.5 Å². The minimum Gasteiger partial charge on any atom is -0.347 e. The van der Waals surface area contributed by atoms with Gasteiger partial charge in [-0.25, -0.2) is 0 Å². The van der Waals surface area contributed by atoms with E-state index in [-0.39, 0.29) is 11.6 Å². The minimum atomic E-state index is -0.391. The van der Waals surface area contributed by atoms with Gasteiger partial charge >= 0.3 is 0 Å². The molecule has 3 aromatic rings. The number of amides is 2. The molecular weight excluding hydrogens is 386 g/mol. The molecule has 1 aromatic heterocycles. The number of benzene rings is 2. The Morgan fingerprint density at radius 1 is 0.966 bits per heavy atom. The molecule has 0 spiro atoms. The number of nitrogens with zero attached hydrogens (tertiary/aromatic N) is 1. The van der Waals surface area contributed by atoms with Crippen molar-refractivity contribution in [2.45, 2.75) is 13.5 Å². The van der Waals surface area contributed by atoms with Gasteiger partial charge in [-0.15, -0.1) is 0 Å². The van der Waals surface area contributed by atoms with E-state index in [1.165, 1.54) is 0 Å². The Kier molecular flexibility index (Phi) is 6.76. The van der Waals surface area contributed by atoms with Gasteiger partial charge < -0.3 is 10.6 Å². The van der Waals surface area contributed by atoms with Crippen molar-refractivity contribution in [3.05, 3.63) is 106 Å². The summed E-state index contributed by atoms with van der Waals surface area (Å²) in [6, 6.07) is 17.8. The largest absolute Gasteiger partial charge is 0.347 e. The SMILES string of the molecule is Cc1ccc(C(=O)N/C(=C/c2ccc(Cl)cc2)C(=O)NCc2ccncc2)cc1. The monoisotopic (exact) mass is 405 g/mol. The van der Waals surface area contributed by atoms with Gasteiger partial charge in [-0.1, -0.05) is 41.4 Å². The first-order valence-corrected chi connectivity index (χ1v) is 9.41. The summed E-state index contributed by atoms with van der Waals surface area (Å²) in [5.41, 5.74) is 3.32. The van der Waals surface area contributed by atoms with Gasteiger partial charge in [0.2, 0.25) is 0 Å². The van der Waals surface area contributed by atoms with Crippen molar-refractivity contribution in [2.75, 3.05) is 0 Å². The molecule has 2 N–H and O–H groups in total. The Morgan fingerprint density at radius 3 is 2.28 bits per heavy atom. The van der Waals surface area contributed by atoms with Crippen LogP contribution in [-0.2, 0) is 11.3 Å². The van der Waals surface area contributed by atoms with E-state index in [9.17, 15) is 9.59 Å². The number of aromatic nitrogens is 1.